The summed E-state index contributed by atoms with van der Waals surface area (Å²) in [5.74, 6) is -1.64. The van der Waals surface area contributed by atoms with Crippen molar-refractivity contribution in [2.75, 3.05) is 7.05 Å². The number of aromatic nitrogens is 1. The first-order valence-electron chi connectivity index (χ1n) is 8.46. The van der Waals surface area contributed by atoms with E-state index in [0.717, 1.165) is 17.7 Å². The molecular formula is C19H23N4O3+. The highest BCUT2D eigenvalue weighted by Crippen LogP contribution is 2.20. The normalized spacial score (nSPS) is 11.8. The van der Waals surface area contributed by atoms with Gasteiger partial charge < -0.3 is 9.67 Å². The number of fused-ring (bicyclic) bond motifs is 1. The number of imide groups is 1. The van der Waals surface area contributed by atoms with Crippen molar-refractivity contribution >= 4 is 22.7 Å². The van der Waals surface area contributed by atoms with Gasteiger partial charge in [-0.3, -0.25) is 14.5 Å². The number of aryl methyl sites for hydroxylation is 2. The number of rotatable bonds is 6. The van der Waals surface area contributed by atoms with Gasteiger partial charge in [-0.2, -0.15) is 0 Å². The average molecular weight is 355 g/mol. The van der Waals surface area contributed by atoms with Crippen molar-refractivity contribution in [2.45, 2.75) is 32.6 Å². The van der Waals surface area contributed by atoms with Gasteiger partial charge in [0.15, 0.2) is 10.7 Å². The van der Waals surface area contributed by atoms with Gasteiger partial charge in [-0.05, 0) is 36.8 Å². The lowest BCUT2D eigenvalue weighted by Crippen LogP contribution is -2.33. The minimum absolute atomic E-state index is 0.204. The van der Waals surface area contributed by atoms with Crippen LogP contribution in [-0.2, 0) is 23.1 Å². The van der Waals surface area contributed by atoms with E-state index in [-0.39, 0.29) is 12.3 Å². The Balaban J connectivity index is 1.88. The van der Waals surface area contributed by atoms with Crippen LogP contribution in [0.4, 0.5) is 0 Å². The molecule has 0 fully saturated rings. The van der Waals surface area contributed by atoms with Crippen LogP contribution in [0.5, 0.6) is 0 Å². The molecule has 0 bridgehead atoms. The Hall–Kier alpha value is -3.14. The van der Waals surface area contributed by atoms with E-state index in [1.807, 2.05) is 19.2 Å². The molecular weight excluding hydrogens is 332 g/mol. The summed E-state index contributed by atoms with van der Waals surface area (Å²) in [6, 6.07) is 10.3. The maximum absolute atomic E-state index is 12.1. The maximum atomic E-state index is 12.1. The van der Waals surface area contributed by atoms with Crippen molar-refractivity contribution in [1.82, 2.24) is 9.47 Å². The lowest BCUT2D eigenvalue weighted by Gasteiger charge is -2.11. The fourth-order valence-electron chi connectivity index (χ4n) is 2.88. The number of para-hydroxylation sites is 1. The fraction of sp³-hybridized carbons (Fsp3) is 0.368. The minimum Gasteiger partial charge on any atom is -0.505 e. The summed E-state index contributed by atoms with van der Waals surface area (Å²) >= 11 is 0. The third-order valence-corrected chi connectivity index (χ3v) is 4.45. The highest BCUT2D eigenvalue weighted by atomic mass is 16.3. The second kappa shape index (κ2) is 8.30. The highest BCUT2D eigenvalue weighted by Gasteiger charge is 2.32. The largest absolute Gasteiger partial charge is 0.505 e. The van der Waals surface area contributed by atoms with Crippen molar-refractivity contribution in [2.24, 2.45) is 7.05 Å². The van der Waals surface area contributed by atoms with Crippen LogP contribution < -0.4 is 0 Å². The van der Waals surface area contributed by atoms with Gasteiger partial charge in [0, 0.05) is 38.7 Å². The van der Waals surface area contributed by atoms with Crippen molar-refractivity contribution in [3.63, 3.8) is 0 Å². The van der Waals surface area contributed by atoms with Gasteiger partial charge in [-0.15, -0.1) is 0 Å². The molecule has 0 aliphatic rings. The predicted molar refractivity (Wildman–Crippen MR) is 98.7 cm³/mol. The lowest BCUT2D eigenvalue weighted by atomic mass is 10.1. The van der Waals surface area contributed by atoms with Crippen molar-refractivity contribution in [3.05, 3.63) is 52.5 Å². The molecule has 7 heteroatoms. The summed E-state index contributed by atoms with van der Waals surface area (Å²) < 4.78 is 2.15. The third-order valence-electron chi connectivity index (χ3n) is 4.45. The Kier molecular flexibility index (Phi) is 6.12. The number of diazo groups is 1. The monoisotopic (exact) mass is 355 g/mol. The Labute approximate surface area is 152 Å². The third kappa shape index (κ3) is 4.09. The summed E-state index contributed by atoms with van der Waals surface area (Å²) in [6.07, 6.45) is 2.48. The number of aliphatic hydroxyl groups excluding tert-OH is 1. The summed E-state index contributed by atoms with van der Waals surface area (Å²) in [7, 11) is 3.33. The van der Waals surface area contributed by atoms with Gasteiger partial charge in [0.25, 0.3) is 0 Å². The van der Waals surface area contributed by atoms with Gasteiger partial charge in [0.05, 0.1) is 0 Å². The van der Waals surface area contributed by atoms with Crippen LogP contribution >= 0.6 is 0 Å². The quantitative estimate of drug-likeness (QED) is 0.371. The molecule has 0 saturated carbocycles. The Morgan fingerprint density at radius 2 is 1.96 bits per heavy atom. The molecule has 0 saturated heterocycles. The number of benzene rings is 1. The SMILES string of the molecule is C/C(O)=C(\[N+]#N)C(=O)N(C)C(=O)CCCCc1cc2ccccc2n1C. The molecule has 2 amide bonds. The number of aliphatic hydroxyl groups is 1. The molecule has 1 aromatic heterocycles. The van der Waals surface area contributed by atoms with E-state index < -0.39 is 17.4 Å². The number of carbonyl (C=O) groups is 2. The van der Waals surface area contributed by atoms with E-state index in [0.29, 0.717) is 6.42 Å². The zero-order chi connectivity index (χ0) is 19.3. The van der Waals surface area contributed by atoms with E-state index in [1.165, 1.54) is 30.6 Å². The predicted octanol–water partition coefficient (Wildman–Crippen LogP) is 3.52. The number of unbranched alkanes of at least 4 members (excludes halogenated alkanes) is 1. The number of nitrogens with zero attached hydrogens (tertiary/aromatic N) is 4. The Morgan fingerprint density at radius 1 is 1.27 bits per heavy atom. The van der Waals surface area contributed by atoms with Gasteiger partial charge in [0.1, 0.15) is 0 Å². The highest BCUT2D eigenvalue weighted by molar-refractivity contribution is 6.05. The molecule has 0 aliphatic carbocycles. The van der Waals surface area contributed by atoms with Crippen LogP contribution in [0.25, 0.3) is 15.9 Å². The van der Waals surface area contributed by atoms with Gasteiger partial charge in [-0.25, -0.2) is 0 Å². The van der Waals surface area contributed by atoms with Crippen LogP contribution in [-0.4, -0.2) is 33.4 Å². The maximum Gasteiger partial charge on any atom is 0.485 e. The smallest absolute Gasteiger partial charge is 0.485 e. The van der Waals surface area contributed by atoms with Crippen molar-refractivity contribution < 1.29 is 14.7 Å². The number of hydrogen-bond acceptors (Lipinski definition) is 4. The molecule has 2 rings (SSSR count). The van der Waals surface area contributed by atoms with E-state index in [9.17, 15) is 14.7 Å². The van der Waals surface area contributed by atoms with Crippen LogP contribution in [0.2, 0.25) is 0 Å². The standard InChI is InChI=1S/C19H22N4O3/c1-13(24)18(21-20)19(26)23(3)17(25)11-7-5-9-15-12-14-8-4-6-10-16(14)22(15)2/h4,6,8,10,12H,5,7,9,11H2,1-3H3/p+1. The molecule has 26 heavy (non-hydrogen) atoms. The Bertz CT molecular complexity index is 901. The van der Waals surface area contributed by atoms with Gasteiger partial charge in [-0.1, -0.05) is 18.2 Å². The van der Waals surface area contributed by atoms with E-state index in [1.54, 1.807) is 0 Å². The summed E-state index contributed by atoms with van der Waals surface area (Å²) in [5, 5.41) is 19.3. The summed E-state index contributed by atoms with van der Waals surface area (Å²) in [5.41, 5.74) is 1.84. The van der Waals surface area contributed by atoms with E-state index in [2.05, 4.69) is 27.7 Å². The first-order valence-corrected chi connectivity index (χ1v) is 8.46. The van der Waals surface area contributed by atoms with E-state index in [4.69, 9.17) is 5.39 Å². The number of allylic oxidation sites excluding steroid dienone is 1. The van der Waals surface area contributed by atoms with Crippen LogP contribution in [0, 0.1) is 5.39 Å². The molecule has 1 N–H and O–H groups in total. The average Bonchev–Trinajstić information content (AvgIpc) is 2.94. The number of amides is 2. The first kappa shape index (κ1) is 19.2. The molecule has 1 heterocycles. The minimum atomic E-state index is -0.828. The van der Waals surface area contributed by atoms with Crippen molar-refractivity contribution in [1.29, 1.82) is 5.39 Å². The topological polar surface area (TPSA) is 90.7 Å². The molecule has 0 unspecified atom stereocenters. The number of hydrogen-bond donors (Lipinski definition) is 1. The van der Waals surface area contributed by atoms with Crippen LogP contribution in [0.15, 0.2) is 41.8 Å². The lowest BCUT2D eigenvalue weighted by molar-refractivity contribution is -0.140. The van der Waals surface area contributed by atoms with Gasteiger partial charge in [0.2, 0.25) is 11.3 Å². The molecule has 0 aliphatic heterocycles. The number of carbonyl (C=O) groups excluding carboxylic acids is 2. The fourth-order valence-corrected chi connectivity index (χ4v) is 2.88. The van der Waals surface area contributed by atoms with Crippen LogP contribution in [0.1, 0.15) is 31.9 Å². The molecule has 2 aromatic rings. The molecule has 1 aromatic carbocycles. The van der Waals surface area contributed by atoms with Crippen LogP contribution in [0.3, 0.4) is 0 Å². The second-order valence-corrected chi connectivity index (χ2v) is 6.25. The first-order chi connectivity index (χ1) is 12.4. The zero-order valence-electron chi connectivity index (χ0n) is 15.3. The van der Waals surface area contributed by atoms with E-state index >= 15 is 0 Å². The molecule has 136 valence electrons. The molecule has 0 radical (unpaired) electrons. The zero-order valence-corrected chi connectivity index (χ0v) is 15.3. The molecule has 7 nitrogen and oxygen atoms in total. The van der Waals surface area contributed by atoms with Gasteiger partial charge >= 0.3 is 11.6 Å². The Morgan fingerprint density at radius 3 is 2.58 bits per heavy atom. The molecule has 0 atom stereocenters. The van der Waals surface area contributed by atoms with Crippen molar-refractivity contribution in [3.8, 4) is 0 Å². The summed E-state index contributed by atoms with van der Waals surface area (Å²) in [4.78, 5) is 27.7. The molecule has 0 spiro atoms. The summed E-state index contributed by atoms with van der Waals surface area (Å²) in [6.45, 7) is 1.22. The number of likely N-dealkylation sites (N-methyl/N-ethyl adjacent to an activating group) is 1. The second-order valence-electron chi connectivity index (χ2n) is 6.25.